The maximum atomic E-state index is 12.4. The summed E-state index contributed by atoms with van der Waals surface area (Å²) in [5.74, 6) is -0.130. The summed E-state index contributed by atoms with van der Waals surface area (Å²) in [7, 11) is 0. The number of carbonyl (C=O) groups is 1. The molecule has 1 fully saturated rings. The predicted octanol–water partition coefficient (Wildman–Crippen LogP) is 2.40. The Morgan fingerprint density at radius 2 is 2.12 bits per heavy atom. The first-order valence-corrected chi connectivity index (χ1v) is 9.56. The summed E-state index contributed by atoms with van der Waals surface area (Å²) in [4.78, 5) is 29.0. The highest BCUT2D eigenvalue weighted by molar-refractivity contribution is 8.02. The molecule has 0 radical (unpaired) electrons. The second-order valence-electron chi connectivity index (χ2n) is 5.88. The van der Waals surface area contributed by atoms with Crippen LogP contribution in [0.15, 0.2) is 27.3 Å². The molecule has 1 amide bonds. The molecule has 1 aromatic carbocycles. The summed E-state index contributed by atoms with van der Waals surface area (Å²) in [6, 6.07) is 5.76. The minimum Gasteiger partial charge on any atom is -0.357 e. The molecule has 0 bridgehead atoms. The zero-order chi connectivity index (χ0) is 17.4. The second-order valence-corrected chi connectivity index (χ2v) is 8.45. The van der Waals surface area contributed by atoms with E-state index in [9.17, 15) is 9.59 Å². The normalized spacial score (nSPS) is 15.2. The molecule has 1 unspecified atom stereocenters. The van der Waals surface area contributed by atoms with Crippen molar-refractivity contribution in [3.05, 3.63) is 28.7 Å². The highest BCUT2D eigenvalue weighted by atomic mass is 32.2. The van der Waals surface area contributed by atoms with E-state index in [2.05, 4.69) is 30.8 Å². The van der Waals surface area contributed by atoms with Gasteiger partial charge in [0.15, 0.2) is 4.34 Å². The van der Waals surface area contributed by atoms with E-state index in [4.69, 9.17) is 0 Å². The van der Waals surface area contributed by atoms with Crippen molar-refractivity contribution in [1.29, 1.82) is 0 Å². The maximum absolute atomic E-state index is 12.4. The third kappa shape index (κ3) is 3.85. The lowest BCUT2D eigenvalue weighted by atomic mass is 10.2. The lowest BCUT2D eigenvalue weighted by molar-refractivity contribution is -0.115. The first-order chi connectivity index (χ1) is 12.1. The summed E-state index contributed by atoms with van der Waals surface area (Å²) < 4.78 is 0.760. The minimum absolute atomic E-state index is 0.130. The molecule has 0 spiro atoms. The number of thioether (sulfide) groups is 1. The number of benzene rings is 1. The standard InChI is InChI=1S/C15H16N6O2S2/c1-7(24-15-21-20-14(25-15)17-8-2-3-8)12(22)16-9-4-5-10-11(6-9)19-13(23)18-10/h4-8H,2-3H2,1H3,(H,16,22)(H,17,20)(H2,18,19,23). The minimum atomic E-state index is -0.317. The van der Waals surface area contributed by atoms with Gasteiger partial charge in [-0.1, -0.05) is 23.1 Å². The number of amides is 1. The van der Waals surface area contributed by atoms with Crippen LogP contribution in [0.4, 0.5) is 10.8 Å². The van der Waals surface area contributed by atoms with E-state index in [1.165, 1.54) is 35.9 Å². The molecular formula is C15H16N6O2S2. The Balaban J connectivity index is 1.38. The lowest BCUT2D eigenvalue weighted by Gasteiger charge is -2.10. The van der Waals surface area contributed by atoms with Gasteiger partial charge in [-0.05, 0) is 38.0 Å². The van der Waals surface area contributed by atoms with Crippen LogP contribution in [0.2, 0.25) is 0 Å². The average molecular weight is 376 g/mol. The average Bonchev–Trinajstić information content (AvgIpc) is 3.14. The predicted molar refractivity (Wildman–Crippen MR) is 99.4 cm³/mol. The van der Waals surface area contributed by atoms with Gasteiger partial charge in [-0.25, -0.2) is 4.79 Å². The van der Waals surface area contributed by atoms with E-state index in [0.717, 1.165) is 9.47 Å². The van der Waals surface area contributed by atoms with Gasteiger partial charge in [0.1, 0.15) is 0 Å². The molecule has 2 aromatic heterocycles. The van der Waals surface area contributed by atoms with Gasteiger partial charge < -0.3 is 20.6 Å². The van der Waals surface area contributed by atoms with Crippen LogP contribution < -0.4 is 16.3 Å². The molecule has 1 aliphatic carbocycles. The number of H-pyrrole nitrogens is 2. The van der Waals surface area contributed by atoms with Crippen LogP contribution >= 0.6 is 23.1 Å². The van der Waals surface area contributed by atoms with Crippen molar-refractivity contribution in [2.75, 3.05) is 10.6 Å². The number of hydrogen-bond acceptors (Lipinski definition) is 7. The van der Waals surface area contributed by atoms with E-state index in [0.29, 0.717) is 22.8 Å². The number of nitrogens with zero attached hydrogens (tertiary/aromatic N) is 2. The number of imidazole rings is 1. The van der Waals surface area contributed by atoms with Crippen molar-refractivity contribution >= 4 is 50.9 Å². The summed E-state index contributed by atoms with van der Waals surface area (Å²) in [6.45, 7) is 1.83. The fourth-order valence-electron chi connectivity index (χ4n) is 2.28. The van der Waals surface area contributed by atoms with Gasteiger partial charge in [-0.15, -0.1) is 10.2 Å². The van der Waals surface area contributed by atoms with E-state index in [1.807, 2.05) is 6.92 Å². The van der Waals surface area contributed by atoms with Gasteiger partial charge in [-0.2, -0.15) is 0 Å². The zero-order valence-corrected chi connectivity index (χ0v) is 15.0. The van der Waals surface area contributed by atoms with Gasteiger partial charge in [0.2, 0.25) is 11.0 Å². The summed E-state index contributed by atoms with van der Waals surface area (Å²) in [6.07, 6.45) is 2.36. The van der Waals surface area contributed by atoms with E-state index in [1.54, 1.807) is 18.2 Å². The number of hydrogen-bond donors (Lipinski definition) is 4. The Morgan fingerprint density at radius 3 is 2.92 bits per heavy atom. The topological polar surface area (TPSA) is 116 Å². The van der Waals surface area contributed by atoms with Crippen molar-refractivity contribution < 1.29 is 4.79 Å². The third-order valence-corrected chi connectivity index (χ3v) is 5.78. The highest BCUT2D eigenvalue weighted by Crippen LogP contribution is 2.32. The van der Waals surface area contributed by atoms with Crippen molar-refractivity contribution in [2.45, 2.75) is 35.4 Å². The number of carbonyl (C=O) groups excluding carboxylic acids is 1. The Kier molecular flexibility index (Phi) is 4.22. The van der Waals surface area contributed by atoms with Crippen LogP contribution in [0.5, 0.6) is 0 Å². The molecule has 1 aliphatic rings. The smallest absolute Gasteiger partial charge is 0.323 e. The van der Waals surface area contributed by atoms with E-state index >= 15 is 0 Å². The van der Waals surface area contributed by atoms with Gasteiger partial charge >= 0.3 is 5.69 Å². The number of nitrogens with one attached hydrogen (secondary N) is 4. The molecule has 4 rings (SSSR count). The lowest BCUT2D eigenvalue weighted by Crippen LogP contribution is -2.22. The second kappa shape index (κ2) is 6.52. The van der Waals surface area contributed by atoms with E-state index in [-0.39, 0.29) is 16.8 Å². The molecule has 3 aromatic rings. The molecule has 0 saturated heterocycles. The van der Waals surface area contributed by atoms with Crippen LogP contribution in [0.3, 0.4) is 0 Å². The van der Waals surface area contributed by atoms with Gasteiger partial charge in [0, 0.05) is 11.7 Å². The van der Waals surface area contributed by atoms with Crippen molar-refractivity contribution in [2.24, 2.45) is 0 Å². The van der Waals surface area contributed by atoms with Crippen LogP contribution in [0.25, 0.3) is 11.0 Å². The van der Waals surface area contributed by atoms with Gasteiger partial charge in [-0.3, -0.25) is 4.79 Å². The summed E-state index contributed by atoms with van der Waals surface area (Å²) >= 11 is 2.84. The third-order valence-electron chi connectivity index (χ3n) is 3.74. The fourth-order valence-corrected chi connectivity index (χ4v) is 4.25. The molecule has 8 nitrogen and oxygen atoms in total. The summed E-state index contributed by atoms with van der Waals surface area (Å²) in [5.41, 5.74) is 1.72. The van der Waals surface area contributed by atoms with Crippen LogP contribution in [-0.4, -0.2) is 37.4 Å². The monoisotopic (exact) mass is 376 g/mol. The zero-order valence-electron chi connectivity index (χ0n) is 13.3. The summed E-state index contributed by atoms with van der Waals surface area (Å²) in [5, 5.41) is 14.9. The number of rotatable bonds is 6. The highest BCUT2D eigenvalue weighted by Gasteiger charge is 2.23. The first kappa shape index (κ1) is 16.2. The van der Waals surface area contributed by atoms with Crippen molar-refractivity contribution in [3.63, 3.8) is 0 Å². The van der Waals surface area contributed by atoms with Gasteiger partial charge in [0.05, 0.1) is 16.3 Å². The Bertz CT molecular complexity index is 974. The first-order valence-electron chi connectivity index (χ1n) is 7.86. The van der Waals surface area contributed by atoms with Crippen LogP contribution in [0, 0.1) is 0 Å². The number of aromatic nitrogens is 4. The molecular weight excluding hydrogens is 360 g/mol. The molecule has 10 heteroatoms. The Hall–Kier alpha value is -2.33. The van der Waals surface area contributed by atoms with Crippen molar-refractivity contribution in [3.8, 4) is 0 Å². The molecule has 25 heavy (non-hydrogen) atoms. The number of anilines is 2. The largest absolute Gasteiger partial charge is 0.357 e. The van der Waals surface area contributed by atoms with Gasteiger partial charge in [0.25, 0.3) is 0 Å². The Labute approximate surface area is 150 Å². The maximum Gasteiger partial charge on any atom is 0.323 e. The van der Waals surface area contributed by atoms with Crippen LogP contribution in [0.1, 0.15) is 19.8 Å². The molecule has 2 heterocycles. The number of fused-ring (bicyclic) bond motifs is 1. The molecule has 4 N–H and O–H groups in total. The molecule has 1 saturated carbocycles. The van der Waals surface area contributed by atoms with E-state index < -0.39 is 0 Å². The molecule has 130 valence electrons. The molecule has 1 atom stereocenters. The SMILES string of the molecule is CC(Sc1nnc(NC2CC2)s1)C(=O)Nc1ccc2[nH]c(=O)[nH]c2c1. The number of aromatic amines is 2. The van der Waals surface area contributed by atoms with Crippen LogP contribution in [-0.2, 0) is 4.79 Å². The Morgan fingerprint density at radius 1 is 1.32 bits per heavy atom. The molecule has 0 aliphatic heterocycles. The fraction of sp³-hybridized carbons (Fsp3) is 0.333. The quantitative estimate of drug-likeness (QED) is 0.491. The van der Waals surface area contributed by atoms with Crippen molar-refractivity contribution in [1.82, 2.24) is 20.2 Å².